The van der Waals surface area contributed by atoms with Gasteiger partial charge >= 0.3 is 5.69 Å². The van der Waals surface area contributed by atoms with Crippen molar-refractivity contribution in [1.29, 1.82) is 0 Å². The van der Waals surface area contributed by atoms with Crippen LogP contribution < -0.4 is 11.2 Å². The van der Waals surface area contributed by atoms with Crippen LogP contribution in [0.4, 0.5) is 0 Å². The first-order chi connectivity index (χ1) is 9.06. The second kappa shape index (κ2) is 6.31. The Morgan fingerprint density at radius 2 is 2.32 bits per heavy atom. The van der Waals surface area contributed by atoms with Gasteiger partial charge in [-0.05, 0) is 28.3 Å². The first-order valence-electron chi connectivity index (χ1n) is 5.26. The van der Waals surface area contributed by atoms with E-state index >= 15 is 0 Å². The average Bonchev–Trinajstić information content (AvgIpc) is 2.77. The topological polar surface area (TPSA) is 84.3 Å². The van der Waals surface area contributed by atoms with Gasteiger partial charge in [-0.15, -0.1) is 0 Å². The lowest BCUT2D eigenvalue weighted by atomic mass is 10.3. The summed E-state index contributed by atoms with van der Waals surface area (Å²) in [5.74, 6) is 0. The van der Waals surface area contributed by atoms with Crippen LogP contribution in [0.15, 0.2) is 31.2 Å². The zero-order chi connectivity index (χ0) is 14.0. The standard InChI is InChI=1S/C10H11BrN2O4S2/c1-18-19-7-2-8(17-6(7)4-14)13-3-5(11)9(15)12-10(13)16/h2-3,6,8,14H,4H2,1H3,(H,12,15,16)/t6-,8-/m1/s1. The summed E-state index contributed by atoms with van der Waals surface area (Å²) < 4.78 is 7.09. The Hall–Kier alpha value is -0.480. The number of aromatic nitrogens is 2. The zero-order valence-corrected chi connectivity index (χ0v) is 13.0. The molecule has 1 aliphatic rings. The third-order valence-electron chi connectivity index (χ3n) is 2.47. The van der Waals surface area contributed by atoms with Gasteiger partial charge in [0.15, 0.2) is 6.23 Å². The molecule has 9 heteroatoms. The van der Waals surface area contributed by atoms with Gasteiger partial charge in [-0.25, -0.2) is 4.79 Å². The number of aromatic amines is 1. The molecule has 0 unspecified atom stereocenters. The van der Waals surface area contributed by atoms with Gasteiger partial charge in [0.2, 0.25) is 0 Å². The van der Waals surface area contributed by atoms with Crippen molar-refractivity contribution in [1.82, 2.24) is 9.55 Å². The minimum absolute atomic E-state index is 0.158. The highest BCUT2D eigenvalue weighted by atomic mass is 79.9. The highest BCUT2D eigenvalue weighted by Crippen LogP contribution is 2.38. The normalized spacial score (nSPS) is 22.6. The molecule has 0 saturated carbocycles. The molecular formula is C10H11BrN2O4S2. The number of nitrogens with one attached hydrogen (secondary N) is 1. The molecular weight excluding hydrogens is 356 g/mol. The summed E-state index contributed by atoms with van der Waals surface area (Å²) in [5, 5.41) is 9.25. The van der Waals surface area contributed by atoms with Crippen molar-refractivity contribution in [2.75, 3.05) is 12.9 Å². The van der Waals surface area contributed by atoms with Crippen molar-refractivity contribution in [3.05, 3.63) is 42.5 Å². The summed E-state index contributed by atoms with van der Waals surface area (Å²) in [6, 6.07) is 0. The Labute approximate surface area is 124 Å². The summed E-state index contributed by atoms with van der Waals surface area (Å²) in [6.07, 6.45) is 3.97. The van der Waals surface area contributed by atoms with Crippen LogP contribution in [0.5, 0.6) is 0 Å². The van der Waals surface area contributed by atoms with E-state index < -0.39 is 23.6 Å². The van der Waals surface area contributed by atoms with E-state index in [9.17, 15) is 14.7 Å². The van der Waals surface area contributed by atoms with Crippen LogP contribution in [-0.4, -0.2) is 33.6 Å². The van der Waals surface area contributed by atoms with E-state index in [1.165, 1.54) is 32.4 Å². The molecule has 0 amide bonds. The lowest BCUT2D eigenvalue weighted by Gasteiger charge is -2.15. The molecule has 2 N–H and O–H groups in total. The van der Waals surface area contributed by atoms with E-state index in [2.05, 4.69) is 20.9 Å². The Balaban J connectivity index is 2.36. The van der Waals surface area contributed by atoms with Gasteiger partial charge in [-0.1, -0.05) is 21.6 Å². The van der Waals surface area contributed by atoms with Crippen LogP contribution in [0.25, 0.3) is 0 Å². The second-order valence-corrected chi connectivity index (χ2v) is 6.99. The molecule has 0 bridgehead atoms. The van der Waals surface area contributed by atoms with E-state index in [4.69, 9.17) is 4.74 Å². The van der Waals surface area contributed by atoms with E-state index in [0.717, 1.165) is 4.91 Å². The summed E-state index contributed by atoms with van der Waals surface area (Å²) in [5.41, 5.74) is -1.04. The van der Waals surface area contributed by atoms with E-state index in [1.54, 1.807) is 6.08 Å². The lowest BCUT2D eigenvalue weighted by Crippen LogP contribution is -2.32. The SMILES string of the molecule is CSSC1=C[C@H](n2cc(Br)c(=O)[nH]c2=O)O[C@@H]1CO. The molecule has 6 nitrogen and oxygen atoms in total. The van der Waals surface area contributed by atoms with Crippen molar-refractivity contribution in [2.45, 2.75) is 12.3 Å². The van der Waals surface area contributed by atoms with Crippen LogP contribution >= 0.6 is 37.5 Å². The molecule has 0 aromatic carbocycles. The predicted octanol–water partition coefficient (Wildman–Crippen LogP) is 1.08. The largest absolute Gasteiger partial charge is 0.393 e. The van der Waals surface area contributed by atoms with E-state index in [1.807, 2.05) is 6.26 Å². The number of rotatable bonds is 4. The highest BCUT2D eigenvalue weighted by Gasteiger charge is 2.28. The fourth-order valence-corrected chi connectivity index (χ4v) is 3.62. The molecule has 0 fully saturated rings. The van der Waals surface area contributed by atoms with Crippen molar-refractivity contribution in [2.24, 2.45) is 0 Å². The summed E-state index contributed by atoms with van der Waals surface area (Å²) >= 11 is 3.07. The summed E-state index contributed by atoms with van der Waals surface area (Å²) in [4.78, 5) is 26.1. The first-order valence-corrected chi connectivity index (χ1v) is 8.61. The van der Waals surface area contributed by atoms with E-state index in [-0.39, 0.29) is 11.1 Å². The highest BCUT2D eigenvalue weighted by molar-refractivity contribution is 9.10. The van der Waals surface area contributed by atoms with Gasteiger partial charge in [-0.2, -0.15) is 0 Å². The average molecular weight is 367 g/mol. The van der Waals surface area contributed by atoms with Crippen LogP contribution in [-0.2, 0) is 4.74 Å². The molecule has 0 spiro atoms. The Bertz CT molecular complexity index is 612. The summed E-state index contributed by atoms with van der Waals surface area (Å²) in [6.45, 7) is -0.158. The monoisotopic (exact) mass is 366 g/mol. The van der Waals surface area contributed by atoms with Gasteiger partial charge in [-0.3, -0.25) is 14.3 Å². The second-order valence-electron chi connectivity index (χ2n) is 3.66. The van der Waals surface area contributed by atoms with Crippen molar-refractivity contribution >= 4 is 37.5 Å². The minimum atomic E-state index is -0.632. The maximum absolute atomic E-state index is 11.7. The molecule has 1 aliphatic heterocycles. The number of nitrogens with zero attached hydrogens (tertiary/aromatic N) is 1. The van der Waals surface area contributed by atoms with E-state index in [0.29, 0.717) is 0 Å². The van der Waals surface area contributed by atoms with Gasteiger partial charge in [0.25, 0.3) is 5.56 Å². The van der Waals surface area contributed by atoms with Gasteiger partial charge in [0.05, 0.1) is 11.1 Å². The Kier molecular flexibility index (Phi) is 4.96. The smallest absolute Gasteiger partial charge is 0.330 e. The molecule has 19 heavy (non-hydrogen) atoms. The third-order valence-corrected chi connectivity index (χ3v) is 4.87. The number of hydrogen-bond acceptors (Lipinski definition) is 6. The van der Waals surface area contributed by atoms with Gasteiger partial charge in [0.1, 0.15) is 6.10 Å². The number of ether oxygens (including phenoxy) is 1. The molecule has 0 radical (unpaired) electrons. The molecule has 0 saturated heterocycles. The van der Waals surface area contributed by atoms with Gasteiger partial charge in [0, 0.05) is 11.1 Å². The molecule has 104 valence electrons. The van der Waals surface area contributed by atoms with Crippen LogP contribution in [0.3, 0.4) is 0 Å². The Morgan fingerprint density at radius 1 is 1.58 bits per heavy atom. The molecule has 1 aromatic rings. The number of halogens is 1. The quantitative estimate of drug-likeness (QED) is 0.775. The lowest BCUT2D eigenvalue weighted by molar-refractivity contribution is -0.0115. The number of aliphatic hydroxyl groups excluding tert-OH is 1. The molecule has 2 atom stereocenters. The number of H-pyrrole nitrogens is 1. The number of aliphatic hydroxyl groups is 1. The fraction of sp³-hybridized carbons (Fsp3) is 0.400. The molecule has 2 rings (SSSR count). The first kappa shape index (κ1) is 14.9. The molecule has 1 aromatic heterocycles. The van der Waals surface area contributed by atoms with Crippen molar-refractivity contribution in [3.8, 4) is 0 Å². The van der Waals surface area contributed by atoms with Crippen molar-refractivity contribution < 1.29 is 9.84 Å². The fourth-order valence-electron chi connectivity index (χ4n) is 1.63. The van der Waals surface area contributed by atoms with Crippen LogP contribution in [0, 0.1) is 0 Å². The van der Waals surface area contributed by atoms with Gasteiger partial charge < -0.3 is 9.84 Å². The third kappa shape index (κ3) is 3.16. The minimum Gasteiger partial charge on any atom is -0.393 e. The maximum atomic E-state index is 11.7. The maximum Gasteiger partial charge on any atom is 0.330 e. The number of hydrogen-bond donors (Lipinski definition) is 2. The Morgan fingerprint density at radius 3 is 2.95 bits per heavy atom. The van der Waals surface area contributed by atoms with Crippen molar-refractivity contribution in [3.63, 3.8) is 0 Å². The molecule has 2 heterocycles. The zero-order valence-electron chi connectivity index (χ0n) is 9.83. The van der Waals surface area contributed by atoms with Crippen LogP contribution in [0.2, 0.25) is 0 Å². The van der Waals surface area contributed by atoms with Crippen LogP contribution in [0.1, 0.15) is 6.23 Å². The molecule has 0 aliphatic carbocycles. The predicted molar refractivity (Wildman–Crippen MR) is 79.2 cm³/mol. The summed E-state index contributed by atoms with van der Waals surface area (Å²) in [7, 11) is 3.00.